The van der Waals surface area contributed by atoms with Gasteiger partial charge >= 0.3 is 5.97 Å². The van der Waals surface area contributed by atoms with E-state index in [1.54, 1.807) is 25.3 Å². The fourth-order valence-corrected chi connectivity index (χ4v) is 2.58. The summed E-state index contributed by atoms with van der Waals surface area (Å²) in [4.78, 5) is 15.7. The first-order valence-electron chi connectivity index (χ1n) is 6.94. The molecule has 110 valence electrons. The third-order valence-electron chi connectivity index (χ3n) is 3.79. The highest BCUT2D eigenvalue weighted by atomic mass is 19.1. The summed E-state index contributed by atoms with van der Waals surface area (Å²) in [6.45, 7) is 1.66. The van der Waals surface area contributed by atoms with E-state index in [9.17, 15) is 14.3 Å². The second-order valence-corrected chi connectivity index (χ2v) is 5.17. The topological polar surface area (TPSA) is 50.2 Å². The summed E-state index contributed by atoms with van der Waals surface area (Å²) in [5.74, 6) is -1.77. The van der Waals surface area contributed by atoms with Gasteiger partial charge in [0.05, 0.1) is 11.6 Å². The van der Waals surface area contributed by atoms with Gasteiger partial charge < -0.3 is 5.11 Å². The molecule has 0 saturated heterocycles. The van der Waals surface area contributed by atoms with Gasteiger partial charge in [-0.2, -0.15) is 0 Å². The summed E-state index contributed by atoms with van der Waals surface area (Å²) in [7, 11) is 0. The second kappa shape index (κ2) is 5.56. The average Bonchev–Trinajstić information content (AvgIpc) is 2.54. The number of benzene rings is 2. The molecule has 1 unspecified atom stereocenters. The zero-order valence-electron chi connectivity index (χ0n) is 12.0. The molecular weight excluding hydrogens is 281 g/mol. The lowest BCUT2D eigenvalue weighted by Crippen LogP contribution is -2.08. The molecule has 3 aromatic rings. The third-order valence-corrected chi connectivity index (χ3v) is 3.79. The van der Waals surface area contributed by atoms with E-state index in [4.69, 9.17) is 0 Å². The standard InChI is InChI=1S/C18H14FNO2/c1-11(18(21)22)14-3-2-4-16-15(14)9-10-20-17(16)12-5-7-13(19)8-6-12/h2-11H,1H3,(H,21,22). The van der Waals surface area contributed by atoms with Gasteiger partial charge in [0.25, 0.3) is 0 Å². The molecule has 2 aromatic carbocycles. The number of hydrogen-bond acceptors (Lipinski definition) is 2. The third kappa shape index (κ3) is 2.44. The van der Waals surface area contributed by atoms with Crippen LogP contribution in [0.5, 0.6) is 0 Å². The highest BCUT2D eigenvalue weighted by Crippen LogP contribution is 2.31. The lowest BCUT2D eigenvalue weighted by Gasteiger charge is -2.12. The molecule has 4 heteroatoms. The molecule has 1 aromatic heterocycles. The summed E-state index contributed by atoms with van der Waals surface area (Å²) < 4.78 is 13.1. The second-order valence-electron chi connectivity index (χ2n) is 5.17. The van der Waals surface area contributed by atoms with Crippen molar-refractivity contribution >= 4 is 16.7 Å². The van der Waals surface area contributed by atoms with Crippen molar-refractivity contribution in [3.8, 4) is 11.3 Å². The number of pyridine rings is 1. The molecule has 1 atom stereocenters. The maximum absolute atomic E-state index is 13.1. The quantitative estimate of drug-likeness (QED) is 0.786. The largest absolute Gasteiger partial charge is 0.481 e. The molecular formula is C18H14FNO2. The smallest absolute Gasteiger partial charge is 0.310 e. The van der Waals surface area contributed by atoms with E-state index in [0.717, 1.165) is 27.6 Å². The van der Waals surface area contributed by atoms with Crippen LogP contribution in [0.2, 0.25) is 0 Å². The van der Waals surface area contributed by atoms with Crippen LogP contribution in [0.25, 0.3) is 22.0 Å². The predicted molar refractivity (Wildman–Crippen MR) is 83.2 cm³/mol. The molecule has 0 aliphatic heterocycles. The Morgan fingerprint density at radius 1 is 1.09 bits per heavy atom. The number of hydrogen-bond donors (Lipinski definition) is 1. The van der Waals surface area contributed by atoms with Crippen molar-refractivity contribution in [2.45, 2.75) is 12.8 Å². The number of carboxylic acid groups (broad SMARTS) is 1. The van der Waals surface area contributed by atoms with Crippen LogP contribution in [-0.2, 0) is 4.79 Å². The summed E-state index contributed by atoms with van der Waals surface area (Å²) >= 11 is 0. The van der Waals surface area contributed by atoms with Gasteiger partial charge in [0.1, 0.15) is 5.82 Å². The van der Waals surface area contributed by atoms with E-state index in [-0.39, 0.29) is 5.82 Å². The Bertz CT molecular complexity index is 843. The van der Waals surface area contributed by atoms with Crippen molar-refractivity contribution in [3.05, 3.63) is 66.1 Å². The molecule has 0 amide bonds. The Labute approximate surface area is 127 Å². The molecule has 0 fully saturated rings. The summed E-state index contributed by atoms with van der Waals surface area (Å²) in [5, 5.41) is 11.0. The summed E-state index contributed by atoms with van der Waals surface area (Å²) in [6.07, 6.45) is 1.65. The van der Waals surface area contributed by atoms with Crippen LogP contribution in [0.3, 0.4) is 0 Å². The van der Waals surface area contributed by atoms with E-state index in [1.807, 2.05) is 24.3 Å². The van der Waals surface area contributed by atoms with Gasteiger partial charge in [-0.05, 0) is 48.2 Å². The van der Waals surface area contributed by atoms with Crippen molar-refractivity contribution in [2.75, 3.05) is 0 Å². The average molecular weight is 295 g/mol. The first-order chi connectivity index (χ1) is 10.6. The van der Waals surface area contributed by atoms with Gasteiger partial charge in [-0.25, -0.2) is 4.39 Å². The van der Waals surface area contributed by atoms with E-state index >= 15 is 0 Å². The molecule has 1 heterocycles. The van der Waals surface area contributed by atoms with Crippen LogP contribution in [0.15, 0.2) is 54.7 Å². The number of rotatable bonds is 3. The molecule has 22 heavy (non-hydrogen) atoms. The minimum atomic E-state index is -0.868. The van der Waals surface area contributed by atoms with Crippen molar-refractivity contribution in [1.29, 1.82) is 0 Å². The zero-order valence-corrected chi connectivity index (χ0v) is 12.0. The predicted octanol–water partition coefficient (Wildman–Crippen LogP) is 4.23. The van der Waals surface area contributed by atoms with Crippen LogP contribution in [0.4, 0.5) is 4.39 Å². The number of aromatic nitrogens is 1. The normalized spacial score (nSPS) is 12.3. The highest BCUT2D eigenvalue weighted by molar-refractivity contribution is 5.98. The molecule has 3 rings (SSSR count). The SMILES string of the molecule is CC(C(=O)O)c1cccc2c(-c3ccc(F)cc3)nccc12. The lowest BCUT2D eigenvalue weighted by atomic mass is 9.93. The van der Waals surface area contributed by atoms with Gasteiger partial charge in [-0.15, -0.1) is 0 Å². The van der Waals surface area contributed by atoms with Gasteiger partial charge in [0, 0.05) is 17.1 Å². The van der Waals surface area contributed by atoms with Crippen LogP contribution in [-0.4, -0.2) is 16.1 Å². The van der Waals surface area contributed by atoms with E-state index in [1.165, 1.54) is 12.1 Å². The number of carbonyl (C=O) groups is 1. The first kappa shape index (κ1) is 14.2. The van der Waals surface area contributed by atoms with Crippen LogP contribution >= 0.6 is 0 Å². The fourth-order valence-electron chi connectivity index (χ4n) is 2.58. The number of aliphatic carboxylic acids is 1. The maximum Gasteiger partial charge on any atom is 0.310 e. The number of fused-ring (bicyclic) bond motifs is 1. The molecule has 3 nitrogen and oxygen atoms in total. The molecule has 0 aliphatic carbocycles. The molecule has 0 saturated carbocycles. The fraction of sp³-hybridized carbons (Fsp3) is 0.111. The Kier molecular flexibility index (Phi) is 3.59. The molecule has 0 spiro atoms. The van der Waals surface area contributed by atoms with Crippen LogP contribution in [0.1, 0.15) is 18.4 Å². The molecule has 0 radical (unpaired) electrons. The number of carboxylic acids is 1. The van der Waals surface area contributed by atoms with Gasteiger partial charge in [-0.1, -0.05) is 18.2 Å². The van der Waals surface area contributed by atoms with Crippen molar-refractivity contribution in [1.82, 2.24) is 4.98 Å². The monoisotopic (exact) mass is 295 g/mol. The van der Waals surface area contributed by atoms with E-state index in [2.05, 4.69) is 4.98 Å². The van der Waals surface area contributed by atoms with Crippen molar-refractivity contribution in [2.24, 2.45) is 0 Å². The van der Waals surface area contributed by atoms with Crippen LogP contribution < -0.4 is 0 Å². The Morgan fingerprint density at radius 3 is 2.50 bits per heavy atom. The molecule has 1 N–H and O–H groups in total. The molecule has 0 bridgehead atoms. The Balaban J connectivity index is 2.24. The lowest BCUT2D eigenvalue weighted by molar-refractivity contribution is -0.138. The minimum Gasteiger partial charge on any atom is -0.481 e. The van der Waals surface area contributed by atoms with Gasteiger partial charge in [0.15, 0.2) is 0 Å². The van der Waals surface area contributed by atoms with Gasteiger partial charge in [-0.3, -0.25) is 9.78 Å². The van der Waals surface area contributed by atoms with Crippen molar-refractivity contribution < 1.29 is 14.3 Å². The summed E-state index contributed by atoms with van der Waals surface area (Å²) in [5.41, 5.74) is 2.26. The minimum absolute atomic E-state index is 0.302. The zero-order chi connectivity index (χ0) is 15.7. The Hall–Kier alpha value is -2.75. The van der Waals surface area contributed by atoms with E-state index in [0.29, 0.717) is 0 Å². The number of nitrogens with zero attached hydrogens (tertiary/aromatic N) is 1. The van der Waals surface area contributed by atoms with E-state index < -0.39 is 11.9 Å². The number of halogens is 1. The maximum atomic E-state index is 13.1. The highest BCUT2D eigenvalue weighted by Gasteiger charge is 2.17. The first-order valence-corrected chi connectivity index (χ1v) is 6.94. The van der Waals surface area contributed by atoms with Crippen molar-refractivity contribution in [3.63, 3.8) is 0 Å². The summed E-state index contributed by atoms with van der Waals surface area (Å²) in [6, 6.07) is 13.5. The Morgan fingerprint density at radius 2 is 1.82 bits per heavy atom. The molecule has 0 aliphatic rings. The van der Waals surface area contributed by atoms with Crippen LogP contribution in [0, 0.1) is 5.82 Å². The van der Waals surface area contributed by atoms with Gasteiger partial charge in [0.2, 0.25) is 0 Å².